The van der Waals surface area contributed by atoms with E-state index in [-0.39, 0.29) is 24.0 Å². The van der Waals surface area contributed by atoms with Gasteiger partial charge in [-0.25, -0.2) is 8.42 Å². The van der Waals surface area contributed by atoms with Crippen molar-refractivity contribution in [2.45, 2.75) is 24.6 Å². The van der Waals surface area contributed by atoms with Gasteiger partial charge in [0.1, 0.15) is 4.21 Å². The van der Waals surface area contributed by atoms with Crippen LogP contribution in [0.1, 0.15) is 18.7 Å². The molecule has 0 radical (unpaired) electrons. The number of guanidine groups is 1. The fraction of sp³-hybridized carbons (Fsp3) is 0.615. The highest BCUT2D eigenvalue weighted by Crippen LogP contribution is 2.24. The van der Waals surface area contributed by atoms with E-state index in [1.165, 1.54) is 15.6 Å². The molecule has 0 atom stereocenters. The predicted molar refractivity (Wildman–Crippen MR) is 102 cm³/mol. The second-order valence-corrected chi connectivity index (χ2v) is 8.12. The molecule has 0 unspecified atom stereocenters. The molecule has 1 aliphatic rings. The van der Waals surface area contributed by atoms with E-state index in [9.17, 15) is 8.42 Å². The van der Waals surface area contributed by atoms with Gasteiger partial charge in [0.25, 0.3) is 10.0 Å². The summed E-state index contributed by atoms with van der Waals surface area (Å²) < 4.78 is 26.7. The molecule has 0 aromatic carbocycles. The average Bonchev–Trinajstić information content (AvgIpc) is 3.07. The lowest BCUT2D eigenvalue weighted by atomic mass is 10.5. The minimum atomic E-state index is -3.35. The normalized spacial score (nSPS) is 14.9. The number of nitrogens with one attached hydrogen (secondary N) is 1. The van der Waals surface area contributed by atoms with Crippen molar-refractivity contribution < 1.29 is 8.42 Å². The van der Waals surface area contributed by atoms with E-state index in [1.54, 1.807) is 6.07 Å². The molecule has 9 heteroatoms. The molecule has 0 bridgehead atoms. The summed E-state index contributed by atoms with van der Waals surface area (Å²) in [6.07, 6.45) is 0. The first-order valence-corrected chi connectivity index (χ1v) is 9.33. The first-order valence-electron chi connectivity index (χ1n) is 7.07. The molecule has 2 rings (SSSR count). The Bertz CT molecular complexity index is 611. The maximum atomic E-state index is 12.4. The number of aliphatic imine (C=N–C) groups is 1. The van der Waals surface area contributed by atoms with Gasteiger partial charge in [-0.05, 0) is 12.1 Å². The van der Waals surface area contributed by atoms with Gasteiger partial charge in [-0.2, -0.15) is 4.31 Å². The Hall–Kier alpha value is -0.390. The summed E-state index contributed by atoms with van der Waals surface area (Å²) in [6.45, 7) is 7.02. The van der Waals surface area contributed by atoms with Crippen LogP contribution < -0.4 is 5.32 Å². The molecule has 1 aliphatic heterocycles. The summed E-state index contributed by atoms with van der Waals surface area (Å²) in [7, 11) is -1.36. The lowest BCUT2D eigenvalue weighted by Gasteiger charge is -2.17. The molecule has 1 aromatic heterocycles. The summed E-state index contributed by atoms with van der Waals surface area (Å²) >= 11 is 1.32. The summed E-state index contributed by atoms with van der Waals surface area (Å²) in [5, 5.41) is 3.25. The van der Waals surface area contributed by atoms with E-state index in [0.29, 0.717) is 23.8 Å². The summed E-state index contributed by atoms with van der Waals surface area (Å²) in [5.41, 5.74) is 0. The van der Waals surface area contributed by atoms with Crippen molar-refractivity contribution in [3.05, 3.63) is 17.0 Å². The van der Waals surface area contributed by atoms with E-state index < -0.39 is 10.0 Å². The molecular formula is C13H23IN4O2S2. The van der Waals surface area contributed by atoms with E-state index in [1.807, 2.05) is 27.0 Å². The van der Waals surface area contributed by atoms with Crippen LogP contribution in [-0.2, 0) is 16.6 Å². The lowest BCUT2D eigenvalue weighted by Crippen LogP contribution is -2.34. The molecule has 0 amide bonds. The molecule has 126 valence electrons. The fourth-order valence-electron chi connectivity index (χ4n) is 2.17. The maximum Gasteiger partial charge on any atom is 0.252 e. The van der Waals surface area contributed by atoms with Crippen LogP contribution in [0.5, 0.6) is 0 Å². The van der Waals surface area contributed by atoms with Crippen LogP contribution in [0.25, 0.3) is 0 Å². The van der Waals surface area contributed by atoms with Crippen LogP contribution in [0.2, 0.25) is 0 Å². The Labute approximate surface area is 153 Å². The van der Waals surface area contributed by atoms with Crippen LogP contribution in [0.15, 0.2) is 21.3 Å². The minimum Gasteiger partial charge on any atom is -0.351 e. The molecule has 0 aliphatic carbocycles. The van der Waals surface area contributed by atoms with Crippen molar-refractivity contribution in [1.82, 2.24) is 14.5 Å². The highest BCUT2D eigenvalue weighted by Gasteiger charge is 2.23. The molecule has 22 heavy (non-hydrogen) atoms. The summed E-state index contributed by atoms with van der Waals surface area (Å²) in [4.78, 5) is 7.40. The minimum absolute atomic E-state index is 0. The quantitative estimate of drug-likeness (QED) is 0.661. The van der Waals surface area contributed by atoms with Crippen molar-refractivity contribution in [3.8, 4) is 0 Å². The number of likely N-dealkylation sites (N-methyl/N-ethyl adjacent to an activating group) is 1. The van der Waals surface area contributed by atoms with Gasteiger partial charge < -0.3 is 10.2 Å². The number of halogens is 1. The Morgan fingerprint density at radius 1 is 1.36 bits per heavy atom. The number of rotatable bonds is 6. The Morgan fingerprint density at radius 2 is 2.05 bits per heavy atom. The van der Waals surface area contributed by atoms with Gasteiger partial charge in [0.2, 0.25) is 0 Å². The molecule has 1 N–H and O–H groups in total. The standard InChI is InChI=1S/C13H22N4O2S2.HI/c1-4-17(5-2)21(18,19)12-7-6-11(20-12)10-15-13-14-8-9-16(13)3;/h6-7H,4-5,8-10H2,1-3H3,(H,14,15);1H. The average molecular weight is 458 g/mol. The highest BCUT2D eigenvalue weighted by molar-refractivity contribution is 14.0. The Morgan fingerprint density at radius 3 is 2.59 bits per heavy atom. The van der Waals surface area contributed by atoms with Crippen molar-refractivity contribution in [1.29, 1.82) is 0 Å². The third kappa shape index (κ3) is 4.33. The lowest BCUT2D eigenvalue weighted by molar-refractivity contribution is 0.447. The van der Waals surface area contributed by atoms with E-state index in [2.05, 4.69) is 15.2 Å². The van der Waals surface area contributed by atoms with E-state index in [0.717, 1.165) is 23.9 Å². The molecule has 0 saturated carbocycles. The van der Waals surface area contributed by atoms with Crippen LogP contribution in [0.3, 0.4) is 0 Å². The smallest absolute Gasteiger partial charge is 0.252 e. The first-order chi connectivity index (χ1) is 9.98. The van der Waals surface area contributed by atoms with Gasteiger partial charge in [0.05, 0.1) is 13.1 Å². The highest BCUT2D eigenvalue weighted by atomic mass is 127. The number of nitrogens with zero attached hydrogens (tertiary/aromatic N) is 3. The fourth-order valence-corrected chi connectivity index (χ4v) is 5.08. The van der Waals surface area contributed by atoms with Gasteiger partial charge in [0, 0.05) is 31.6 Å². The first kappa shape index (κ1) is 19.7. The summed E-state index contributed by atoms with van der Waals surface area (Å²) in [5.74, 6) is 0.872. The molecule has 2 heterocycles. The van der Waals surface area contributed by atoms with E-state index in [4.69, 9.17) is 0 Å². The molecule has 0 saturated heterocycles. The van der Waals surface area contributed by atoms with Crippen molar-refractivity contribution in [2.24, 2.45) is 4.99 Å². The molecule has 6 nitrogen and oxygen atoms in total. The molecular weight excluding hydrogens is 435 g/mol. The zero-order valence-corrected chi connectivity index (χ0v) is 17.0. The molecule has 0 fully saturated rings. The van der Waals surface area contributed by atoms with E-state index >= 15 is 0 Å². The van der Waals surface area contributed by atoms with Crippen LogP contribution in [-0.4, -0.2) is 56.8 Å². The zero-order valence-electron chi connectivity index (χ0n) is 13.1. The number of sulfonamides is 1. The number of thiophene rings is 1. The van der Waals surface area contributed by atoms with Gasteiger partial charge in [-0.3, -0.25) is 4.99 Å². The van der Waals surface area contributed by atoms with Gasteiger partial charge in [-0.1, -0.05) is 13.8 Å². The number of hydrogen-bond donors (Lipinski definition) is 1. The third-order valence-corrected chi connectivity index (χ3v) is 7.02. The predicted octanol–water partition coefficient (Wildman–Crippen LogP) is 1.79. The second kappa shape index (κ2) is 8.46. The number of hydrogen-bond acceptors (Lipinski definition) is 6. The Kier molecular flexibility index (Phi) is 7.56. The zero-order chi connectivity index (χ0) is 15.5. The second-order valence-electron chi connectivity index (χ2n) is 4.79. The Balaban J connectivity index is 0.00000242. The van der Waals surface area contributed by atoms with Crippen molar-refractivity contribution in [2.75, 3.05) is 33.2 Å². The van der Waals surface area contributed by atoms with Crippen LogP contribution in [0.4, 0.5) is 0 Å². The van der Waals surface area contributed by atoms with Gasteiger partial charge in [0.15, 0.2) is 5.96 Å². The third-order valence-electron chi connectivity index (χ3n) is 3.42. The van der Waals surface area contributed by atoms with Crippen molar-refractivity contribution in [3.63, 3.8) is 0 Å². The van der Waals surface area contributed by atoms with Gasteiger partial charge >= 0.3 is 0 Å². The maximum absolute atomic E-state index is 12.4. The van der Waals surface area contributed by atoms with Crippen LogP contribution >= 0.6 is 35.3 Å². The molecule has 1 aromatic rings. The van der Waals surface area contributed by atoms with Crippen LogP contribution in [0, 0.1) is 0 Å². The summed E-state index contributed by atoms with van der Waals surface area (Å²) in [6, 6.07) is 3.55. The largest absolute Gasteiger partial charge is 0.351 e. The SMILES string of the molecule is CCN(CC)S(=O)(=O)c1ccc(CNC2=NCCN2C)s1.I. The van der Waals surface area contributed by atoms with Gasteiger partial charge in [-0.15, -0.1) is 35.3 Å². The monoisotopic (exact) mass is 458 g/mol. The molecule has 0 spiro atoms. The van der Waals surface area contributed by atoms with Crippen molar-refractivity contribution >= 4 is 51.3 Å². The topological polar surface area (TPSA) is 65.0 Å².